The molecule has 3 fully saturated rings. The highest BCUT2D eigenvalue weighted by molar-refractivity contribution is 5.91. The second kappa shape index (κ2) is 16.7. The molecule has 2 aromatic heterocycles. The van der Waals surface area contributed by atoms with Crippen molar-refractivity contribution >= 4 is 47.8 Å². The normalized spacial score (nSPS) is 36.0. The van der Waals surface area contributed by atoms with E-state index in [9.17, 15) is 43.5 Å². The number of aromatic nitrogens is 2. The molecule has 1 N–H and O–H groups in total. The van der Waals surface area contributed by atoms with E-state index in [1.165, 1.54) is 50.5 Å². The summed E-state index contributed by atoms with van der Waals surface area (Å²) in [6, 6.07) is 5.67. The van der Waals surface area contributed by atoms with Crippen LogP contribution in [-0.2, 0) is 71.4 Å². The van der Waals surface area contributed by atoms with Gasteiger partial charge in [-0.15, -0.1) is 0 Å². The maximum atomic E-state index is 14.5. The van der Waals surface area contributed by atoms with Crippen LogP contribution in [0.15, 0.2) is 42.9 Å². The molecule has 2 unspecified atom stereocenters. The first-order valence-corrected chi connectivity index (χ1v) is 19.7. The first-order valence-electron chi connectivity index (χ1n) is 19.7. The van der Waals surface area contributed by atoms with E-state index >= 15 is 0 Å². The summed E-state index contributed by atoms with van der Waals surface area (Å²) in [5.74, 6) is -12.0. The SMILES string of the molecule is CC(=O)OC[C@]12[C@H](OC(C)=O)[C@H](OC(=O)c3cccnc3)[C@@H]3[C@@H](OC(C)=O)[C@@]14O[C@@]3(C)COC(=O)c1cccnc1C(C)C(C)C(=O)O[C@@H]([C@H](OC(C)=O)[C@@H]2OC(C)=O)[C@]4(C)O. The summed E-state index contributed by atoms with van der Waals surface area (Å²) in [6.45, 7) is 8.55. The van der Waals surface area contributed by atoms with Gasteiger partial charge in [-0.1, -0.05) is 13.8 Å². The Morgan fingerprint density at radius 2 is 1.37 bits per heavy atom. The molecule has 1 spiro atoms. The van der Waals surface area contributed by atoms with Crippen LogP contribution in [0.4, 0.5) is 0 Å². The Labute approximate surface area is 355 Å². The second-order valence-corrected chi connectivity index (χ2v) is 16.4. The van der Waals surface area contributed by atoms with Gasteiger partial charge in [0.25, 0.3) is 0 Å². The lowest BCUT2D eigenvalue weighted by Crippen LogP contribution is -2.89. The van der Waals surface area contributed by atoms with Crippen molar-refractivity contribution < 1.29 is 86.1 Å². The van der Waals surface area contributed by atoms with Crippen molar-refractivity contribution in [2.24, 2.45) is 17.3 Å². The van der Waals surface area contributed by atoms with Crippen molar-refractivity contribution in [2.75, 3.05) is 13.2 Å². The van der Waals surface area contributed by atoms with Crippen molar-refractivity contribution in [1.29, 1.82) is 0 Å². The maximum absolute atomic E-state index is 14.5. The smallest absolute Gasteiger partial charge is 0.340 e. The van der Waals surface area contributed by atoms with Crippen LogP contribution in [0.5, 0.6) is 0 Å². The first-order chi connectivity index (χ1) is 29.0. The van der Waals surface area contributed by atoms with E-state index < -0.39 is 138 Å². The van der Waals surface area contributed by atoms with Crippen LogP contribution in [0.2, 0.25) is 0 Å². The van der Waals surface area contributed by atoms with Gasteiger partial charge >= 0.3 is 47.8 Å². The van der Waals surface area contributed by atoms with Crippen molar-refractivity contribution in [3.63, 3.8) is 0 Å². The summed E-state index contributed by atoms with van der Waals surface area (Å²) in [5.41, 5.74) is -10.5. The number of pyridine rings is 2. The molecular weight excluding hydrogens is 820 g/mol. The average Bonchev–Trinajstić information content (AvgIpc) is 3.42. The summed E-state index contributed by atoms with van der Waals surface area (Å²) >= 11 is 0. The lowest BCUT2D eigenvalue weighted by Gasteiger charge is -2.67. The highest BCUT2D eigenvalue weighted by Gasteiger charge is 2.92. The van der Waals surface area contributed by atoms with Gasteiger partial charge in [0.15, 0.2) is 30.0 Å². The fraction of sp³-hybridized carbons (Fsp3) is 0.571. The van der Waals surface area contributed by atoms with Crippen LogP contribution in [0.25, 0.3) is 0 Å². The second-order valence-electron chi connectivity index (χ2n) is 16.4. The summed E-state index contributed by atoms with van der Waals surface area (Å²) in [7, 11) is 0. The van der Waals surface area contributed by atoms with Gasteiger partial charge in [0.2, 0.25) is 0 Å². The van der Waals surface area contributed by atoms with Crippen molar-refractivity contribution in [2.45, 2.75) is 122 Å². The zero-order valence-electron chi connectivity index (χ0n) is 35.4. The Kier molecular flexibility index (Phi) is 12.2. The Morgan fingerprint density at radius 1 is 0.774 bits per heavy atom. The monoisotopic (exact) mass is 868 g/mol. The number of ether oxygens (including phenoxy) is 9. The molecule has 4 aliphatic rings. The Morgan fingerprint density at radius 3 is 1.95 bits per heavy atom. The molecule has 20 nitrogen and oxygen atoms in total. The number of rotatable bonds is 8. The molecule has 0 aromatic carbocycles. The average molecular weight is 869 g/mol. The summed E-state index contributed by atoms with van der Waals surface area (Å²) < 4.78 is 55.3. The molecule has 62 heavy (non-hydrogen) atoms. The zero-order chi connectivity index (χ0) is 45.7. The zero-order valence-corrected chi connectivity index (χ0v) is 35.4. The molecule has 0 radical (unpaired) electrons. The van der Waals surface area contributed by atoms with E-state index in [0.29, 0.717) is 0 Å². The number of hydrogen-bond donors (Lipinski definition) is 1. The van der Waals surface area contributed by atoms with E-state index in [2.05, 4.69) is 9.97 Å². The van der Waals surface area contributed by atoms with Gasteiger partial charge in [-0.3, -0.25) is 38.7 Å². The minimum Gasteiger partial charge on any atom is -0.465 e. The van der Waals surface area contributed by atoms with Crippen LogP contribution in [0, 0.1) is 17.3 Å². The Balaban J connectivity index is 1.80. The lowest BCUT2D eigenvalue weighted by atomic mass is 9.45. The summed E-state index contributed by atoms with van der Waals surface area (Å²) in [5, 5.41) is 13.6. The molecule has 20 heteroatoms. The van der Waals surface area contributed by atoms with E-state index in [1.54, 1.807) is 6.92 Å². The van der Waals surface area contributed by atoms with Crippen LogP contribution < -0.4 is 0 Å². The molecule has 2 aliphatic heterocycles. The summed E-state index contributed by atoms with van der Waals surface area (Å²) in [4.78, 5) is 118. The quantitative estimate of drug-likeness (QED) is 0.292. The maximum Gasteiger partial charge on any atom is 0.340 e. The molecule has 4 heterocycles. The van der Waals surface area contributed by atoms with Gasteiger partial charge < -0.3 is 47.7 Å². The Bertz CT molecular complexity index is 2160. The van der Waals surface area contributed by atoms with Crippen molar-refractivity contribution in [3.05, 3.63) is 59.7 Å². The lowest BCUT2D eigenvalue weighted by molar-refractivity contribution is -0.386. The highest BCUT2D eigenvalue weighted by Crippen LogP contribution is 2.70. The number of carbonyl (C=O) groups excluding carboxylic acids is 8. The number of nitrogens with zero attached hydrogens (tertiary/aromatic N) is 2. The van der Waals surface area contributed by atoms with E-state index in [4.69, 9.17) is 42.6 Å². The van der Waals surface area contributed by atoms with Crippen LogP contribution >= 0.6 is 0 Å². The molecule has 0 amide bonds. The van der Waals surface area contributed by atoms with Gasteiger partial charge in [-0.25, -0.2) is 9.59 Å². The predicted octanol–water partition coefficient (Wildman–Crippen LogP) is 1.72. The van der Waals surface area contributed by atoms with E-state index in [-0.39, 0.29) is 16.8 Å². The number of cyclic esters (lactones) is 1. The fourth-order valence-corrected chi connectivity index (χ4v) is 9.73. The fourth-order valence-electron chi connectivity index (χ4n) is 9.73. The van der Waals surface area contributed by atoms with Crippen molar-refractivity contribution in [3.8, 4) is 0 Å². The van der Waals surface area contributed by atoms with E-state index in [1.807, 2.05) is 0 Å². The third-order valence-corrected chi connectivity index (χ3v) is 12.3. The Hall–Kier alpha value is -6.02. The molecule has 1 saturated heterocycles. The first kappa shape index (κ1) is 45.5. The van der Waals surface area contributed by atoms with Gasteiger partial charge in [-0.05, 0) is 38.1 Å². The largest absolute Gasteiger partial charge is 0.465 e. The number of aliphatic hydroxyl groups is 1. The molecular formula is C42H48N2O18. The van der Waals surface area contributed by atoms with Gasteiger partial charge in [0.05, 0.1) is 28.7 Å². The number of carbonyl (C=O) groups is 8. The molecule has 2 aliphatic carbocycles. The standard InChI is InChI=1S/C42H48N2O18/c1-19-20(2)36(50)61-33-31(56-22(4)46)35(59-25(7)49)41(18-54-21(3)45)34(58-24(6)48)30(60-37(51)26-12-10-14-43-16-26)28-32(57-23(5)47)42(41,40(33,9)53)62-39(28,8)17-55-38(52)27-13-11-15-44-29(19)27/h10-16,19-20,28,30-35,53H,17-18H2,1-9H3/t19?,20?,28-,30-,31+,32-,33+,34-,35+,39+,40+,41-,42+/m1/s1. The van der Waals surface area contributed by atoms with Gasteiger partial charge in [0.1, 0.15) is 42.0 Å². The van der Waals surface area contributed by atoms with Gasteiger partial charge in [-0.2, -0.15) is 0 Å². The topological polar surface area (TPSA) is 266 Å². The van der Waals surface area contributed by atoms with Crippen LogP contribution in [0.1, 0.15) is 94.6 Å². The van der Waals surface area contributed by atoms with E-state index in [0.717, 1.165) is 47.7 Å². The number of esters is 8. The van der Waals surface area contributed by atoms with Crippen molar-refractivity contribution in [1.82, 2.24) is 9.97 Å². The summed E-state index contributed by atoms with van der Waals surface area (Å²) in [6.07, 6.45) is -8.37. The van der Waals surface area contributed by atoms with Gasteiger partial charge in [0, 0.05) is 59.1 Å². The van der Waals surface area contributed by atoms with Crippen LogP contribution in [-0.4, -0.2) is 129 Å². The highest BCUT2D eigenvalue weighted by atomic mass is 16.7. The molecule has 4 bridgehead atoms. The number of hydrogen-bond acceptors (Lipinski definition) is 20. The molecule has 6 rings (SSSR count). The number of fused-ring (bicyclic) bond motifs is 5. The molecule has 334 valence electrons. The minimum absolute atomic E-state index is 0.0579. The minimum atomic E-state index is -2.86. The third-order valence-electron chi connectivity index (χ3n) is 12.3. The van der Waals surface area contributed by atoms with Crippen LogP contribution in [0.3, 0.4) is 0 Å². The molecule has 13 atom stereocenters. The third kappa shape index (κ3) is 7.41. The molecule has 2 aromatic rings. The molecule has 2 saturated carbocycles. The predicted molar refractivity (Wildman–Crippen MR) is 203 cm³/mol.